The van der Waals surface area contributed by atoms with E-state index >= 15 is 0 Å². The van der Waals surface area contributed by atoms with Gasteiger partial charge in [0.1, 0.15) is 11.5 Å². The number of esters is 1. The molecule has 0 aromatic heterocycles. The van der Waals surface area contributed by atoms with E-state index in [0.29, 0.717) is 17.1 Å². The minimum Gasteiger partial charge on any atom is -0.475 e. The third kappa shape index (κ3) is 4.67. The summed E-state index contributed by atoms with van der Waals surface area (Å²) in [4.78, 5) is 26.0. The summed E-state index contributed by atoms with van der Waals surface area (Å²) in [6.07, 6.45) is -0.849. The first-order valence-corrected chi connectivity index (χ1v) is 8.39. The molecule has 28 heavy (non-hydrogen) atoms. The molecule has 7 nitrogen and oxygen atoms in total. The summed E-state index contributed by atoms with van der Waals surface area (Å²) in [5, 5.41) is 2.68. The van der Waals surface area contributed by atoms with Crippen LogP contribution in [0.15, 0.2) is 48.5 Å². The Hall–Kier alpha value is -3.36. The van der Waals surface area contributed by atoms with E-state index in [4.69, 9.17) is 9.47 Å². The van der Waals surface area contributed by atoms with Gasteiger partial charge in [-0.25, -0.2) is 4.79 Å². The highest BCUT2D eigenvalue weighted by Crippen LogP contribution is 2.33. The Kier molecular flexibility index (Phi) is 5.93. The summed E-state index contributed by atoms with van der Waals surface area (Å²) in [5.74, 6) is -0.404. The van der Waals surface area contributed by atoms with Gasteiger partial charge in [0, 0.05) is 5.69 Å². The Morgan fingerprint density at radius 2 is 1.93 bits per heavy atom. The first-order valence-electron chi connectivity index (χ1n) is 8.39. The third-order valence-corrected chi connectivity index (χ3v) is 4.02. The quantitative estimate of drug-likeness (QED) is 0.762. The molecule has 0 saturated heterocycles. The van der Waals surface area contributed by atoms with Crippen molar-refractivity contribution in [2.24, 2.45) is 0 Å². The number of methoxy groups -OCH3 is 1. The van der Waals surface area contributed by atoms with Crippen LogP contribution in [-0.2, 0) is 14.3 Å². The van der Waals surface area contributed by atoms with Crippen molar-refractivity contribution in [1.29, 1.82) is 0 Å². The molecule has 0 fully saturated rings. The molecule has 0 radical (unpaired) electrons. The van der Waals surface area contributed by atoms with Crippen molar-refractivity contribution in [2.75, 3.05) is 30.4 Å². The molecule has 0 spiro atoms. The molecule has 1 amide bonds. The molecule has 3 rings (SSSR count). The van der Waals surface area contributed by atoms with E-state index in [1.54, 1.807) is 29.2 Å². The van der Waals surface area contributed by atoms with Crippen LogP contribution < -0.4 is 19.7 Å². The largest absolute Gasteiger partial charge is 0.475 e. The monoisotopic (exact) mass is 392 g/mol. The Labute approximate surface area is 159 Å². The summed E-state index contributed by atoms with van der Waals surface area (Å²) >= 11 is 0. The Balaban J connectivity index is 1.67. The molecule has 148 valence electrons. The molecule has 1 aliphatic heterocycles. The third-order valence-electron chi connectivity index (χ3n) is 4.02. The second-order valence-electron chi connectivity index (χ2n) is 5.93. The van der Waals surface area contributed by atoms with E-state index in [-0.39, 0.29) is 24.7 Å². The number of para-hydroxylation sites is 2. The highest BCUT2D eigenvalue weighted by Gasteiger charge is 2.32. The molecule has 2 aromatic carbocycles. The molecular weight excluding hydrogens is 374 g/mol. The van der Waals surface area contributed by atoms with Crippen molar-refractivity contribution >= 4 is 23.3 Å². The summed E-state index contributed by atoms with van der Waals surface area (Å²) < 4.78 is 39.0. The zero-order valence-electron chi connectivity index (χ0n) is 14.9. The number of nitrogens with zero attached hydrogens (tertiary/aromatic N) is 1. The Morgan fingerprint density at radius 3 is 2.61 bits per heavy atom. The molecule has 2 aromatic rings. The summed E-state index contributed by atoms with van der Waals surface area (Å²) in [7, 11) is 1.27. The molecule has 1 aliphatic rings. The van der Waals surface area contributed by atoms with Crippen molar-refractivity contribution in [3.8, 4) is 11.5 Å². The van der Waals surface area contributed by atoms with Crippen LogP contribution in [0, 0.1) is 0 Å². The molecule has 9 heteroatoms. The van der Waals surface area contributed by atoms with E-state index < -0.39 is 18.7 Å². The smallest absolute Gasteiger partial charge is 0.387 e. The SMILES string of the molecule is COC(=O)[C@H]1CN(CC(=O)Nc2ccc(OC(F)F)cc2)c2ccccc2O1. The molecule has 1 heterocycles. The van der Waals surface area contributed by atoms with E-state index in [1.807, 2.05) is 0 Å². The van der Waals surface area contributed by atoms with Gasteiger partial charge in [-0.05, 0) is 36.4 Å². The summed E-state index contributed by atoms with van der Waals surface area (Å²) in [6.45, 7) is -2.80. The number of nitrogens with one attached hydrogen (secondary N) is 1. The van der Waals surface area contributed by atoms with Crippen LogP contribution >= 0.6 is 0 Å². The number of alkyl halides is 2. The fourth-order valence-corrected chi connectivity index (χ4v) is 2.80. The average Bonchev–Trinajstić information content (AvgIpc) is 2.68. The zero-order chi connectivity index (χ0) is 20.1. The van der Waals surface area contributed by atoms with Gasteiger partial charge in [-0.2, -0.15) is 8.78 Å². The molecule has 0 unspecified atom stereocenters. The van der Waals surface area contributed by atoms with Crippen LogP contribution in [-0.4, -0.2) is 44.8 Å². The van der Waals surface area contributed by atoms with Gasteiger partial charge in [0.05, 0.1) is 25.9 Å². The first kappa shape index (κ1) is 19.4. The maximum absolute atomic E-state index is 12.4. The van der Waals surface area contributed by atoms with Gasteiger partial charge in [0.2, 0.25) is 12.0 Å². The minimum absolute atomic E-state index is 0.00368. The van der Waals surface area contributed by atoms with Gasteiger partial charge in [-0.15, -0.1) is 0 Å². The van der Waals surface area contributed by atoms with E-state index in [2.05, 4.69) is 10.1 Å². The van der Waals surface area contributed by atoms with Crippen LogP contribution in [0.3, 0.4) is 0 Å². The van der Waals surface area contributed by atoms with Crippen LogP contribution in [0.2, 0.25) is 0 Å². The van der Waals surface area contributed by atoms with Crippen LogP contribution in [0.4, 0.5) is 20.2 Å². The predicted molar refractivity (Wildman–Crippen MR) is 96.8 cm³/mol. The lowest BCUT2D eigenvalue weighted by molar-refractivity contribution is -0.148. The Morgan fingerprint density at radius 1 is 1.21 bits per heavy atom. The van der Waals surface area contributed by atoms with Gasteiger partial charge in [0.25, 0.3) is 0 Å². The molecule has 1 atom stereocenters. The van der Waals surface area contributed by atoms with Gasteiger partial charge >= 0.3 is 12.6 Å². The number of carbonyl (C=O) groups excluding carboxylic acids is 2. The molecule has 0 saturated carbocycles. The first-order chi connectivity index (χ1) is 13.5. The lowest BCUT2D eigenvalue weighted by atomic mass is 10.2. The average molecular weight is 392 g/mol. The van der Waals surface area contributed by atoms with E-state index in [9.17, 15) is 18.4 Å². The number of hydrogen-bond acceptors (Lipinski definition) is 6. The molecule has 0 bridgehead atoms. The lowest BCUT2D eigenvalue weighted by Gasteiger charge is -2.34. The van der Waals surface area contributed by atoms with Crippen molar-refractivity contribution in [2.45, 2.75) is 12.7 Å². The van der Waals surface area contributed by atoms with Crippen molar-refractivity contribution < 1.29 is 32.6 Å². The fraction of sp³-hybridized carbons (Fsp3) is 0.263. The van der Waals surface area contributed by atoms with Crippen molar-refractivity contribution in [3.05, 3.63) is 48.5 Å². The van der Waals surface area contributed by atoms with Crippen molar-refractivity contribution in [1.82, 2.24) is 0 Å². The van der Waals surface area contributed by atoms with Gasteiger partial charge in [0.15, 0.2) is 0 Å². The normalized spacial score (nSPS) is 15.4. The van der Waals surface area contributed by atoms with Crippen LogP contribution in [0.1, 0.15) is 0 Å². The number of benzene rings is 2. The topological polar surface area (TPSA) is 77.1 Å². The summed E-state index contributed by atoms with van der Waals surface area (Å²) in [6, 6.07) is 12.6. The molecular formula is C19H18F2N2O5. The zero-order valence-corrected chi connectivity index (χ0v) is 14.9. The standard InChI is InChI=1S/C19H18F2N2O5/c1-26-18(25)16-10-23(14-4-2-3-5-15(14)28-16)11-17(24)22-12-6-8-13(9-7-12)27-19(20)21/h2-9,16,19H,10-11H2,1H3,(H,22,24)/t16-/m1/s1. The minimum atomic E-state index is -2.91. The predicted octanol–water partition coefficient (Wildman–Crippen LogP) is 2.67. The van der Waals surface area contributed by atoms with E-state index in [0.717, 1.165) is 0 Å². The maximum Gasteiger partial charge on any atom is 0.387 e. The second kappa shape index (κ2) is 8.55. The number of hydrogen-bond donors (Lipinski definition) is 1. The number of amides is 1. The highest BCUT2D eigenvalue weighted by atomic mass is 19.3. The maximum atomic E-state index is 12.4. The number of carbonyl (C=O) groups is 2. The van der Waals surface area contributed by atoms with E-state index in [1.165, 1.54) is 31.4 Å². The number of fused-ring (bicyclic) bond motifs is 1. The van der Waals surface area contributed by atoms with Crippen LogP contribution in [0.5, 0.6) is 11.5 Å². The number of anilines is 2. The van der Waals surface area contributed by atoms with Gasteiger partial charge in [-0.3, -0.25) is 4.79 Å². The second-order valence-corrected chi connectivity index (χ2v) is 5.93. The number of rotatable bonds is 6. The molecule has 1 N–H and O–H groups in total. The molecule has 0 aliphatic carbocycles. The lowest BCUT2D eigenvalue weighted by Crippen LogP contribution is -2.47. The Bertz CT molecular complexity index is 844. The summed E-state index contributed by atoms with van der Waals surface area (Å²) in [5.41, 5.74) is 1.11. The van der Waals surface area contributed by atoms with Crippen molar-refractivity contribution in [3.63, 3.8) is 0 Å². The number of ether oxygens (including phenoxy) is 3. The fourth-order valence-electron chi connectivity index (χ4n) is 2.80. The van der Waals surface area contributed by atoms with Crippen LogP contribution in [0.25, 0.3) is 0 Å². The number of halogens is 2. The van der Waals surface area contributed by atoms with Gasteiger partial charge < -0.3 is 24.4 Å². The van der Waals surface area contributed by atoms with Gasteiger partial charge in [-0.1, -0.05) is 12.1 Å². The highest BCUT2D eigenvalue weighted by molar-refractivity contribution is 5.94.